The highest BCUT2D eigenvalue weighted by molar-refractivity contribution is 6.06. The second-order valence-electron chi connectivity index (χ2n) is 5.09. The fourth-order valence-electron chi connectivity index (χ4n) is 2.65. The van der Waals surface area contributed by atoms with E-state index in [0.29, 0.717) is 17.1 Å². The molecule has 0 bridgehead atoms. The molecule has 24 heavy (non-hydrogen) atoms. The molecule has 1 aromatic carbocycles. The lowest BCUT2D eigenvalue weighted by Gasteiger charge is -2.16. The van der Waals surface area contributed by atoms with E-state index >= 15 is 0 Å². The Labute approximate surface area is 138 Å². The second kappa shape index (κ2) is 6.57. The van der Waals surface area contributed by atoms with E-state index in [9.17, 15) is 19.8 Å². The van der Waals surface area contributed by atoms with Crippen molar-refractivity contribution in [3.05, 3.63) is 40.7 Å². The van der Waals surface area contributed by atoms with Gasteiger partial charge in [-0.05, 0) is 31.5 Å². The van der Waals surface area contributed by atoms with Gasteiger partial charge in [0, 0.05) is 5.56 Å². The largest absolute Gasteiger partial charge is 0.493 e. The first kappa shape index (κ1) is 17.3. The summed E-state index contributed by atoms with van der Waals surface area (Å²) in [5.74, 6) is -1.66. The summed E-state index contributed by atoms with van der Waals surface area (Å²) >= 11 is 0. The number of carboxylic acid groups (broad SMARTS) is 2. The molecule has 2 rings (SSSR count). The van der Waals surface area contributed by atoms with Crippen molar-refractivity contribution < 1.29 is 29.3 Å². The number of ether oxygens (including phenoxy) is 2. The minimum Gasteiger partial charge on any atom is -0.493 e. The Hall–Kier alpha value is -3.09. The molecule has 0 aliphatic rings. The lowest BCUT2D eigenvalue weighted by atomic mass is 9.92. The Morgan fingerprint density at radius 3 is 1.83 bits per heavy atom. The molecule has 2 aromatic rings. The van der Waals surface area contributed by atoms with Crippen molar-refractivity contribution in [1.29, 1.82) is 0 Å². The third-order valence-corrected chi connectivity index (χ3v) is 3.66. The summed E-state index contributed by atoms with van der Waals surface area (Å²) in [6.07, 6.45) is 0. The summed E-state index contributed by atoms with van der Waals surface area (Å²) in [6.45, 7) is 3.07. The number of benzene rings is 1. The summed E-state index contributed by atoms with van der Waals surface area (Å²) in [4.78, 5) is 27.4. The number of pyridine rings is 1. The van der Waals surface area contributed by atoms with Gasteiger partial charge in [0.25, 0.3) is 0 Å². The molecule has 0 amide bonds. The molecular weight excluding hydrogens is 314 g/mol. The Morgan fingerprint density at radius 2 is 1.42 bits per heavy atom. The molecule has 2 N–H and O–H groups in total. The van der Waals surface area contributed by atoms with E-state index in [1.54, 1.807) is 18.2 Å². The predicted octanol–water partition coefficient (Wildman–Crippen LogP) is 2.78. The van der Waals surface area contributed by atoms with E-state index in [1.807, 2.05) is 0 Å². The highest BCUT2D eigenvalue weighted by Gasteiger charge is 2.26. The molecule has 0 fully saturated rings. The fraction of sp³-hybridized carbons (Fsp3) is 0.235. The maximum Gasteiger partial charge on any atom is 0.338 e. The number of carboxylic acids is 2. The minimum absolute atomic E-state index is 0.0981. The lowest BCUT2D eigenvalue weighted by Crippen LogP contribution is -2.13. The number of nitrogens with zero attached hydrogens (tertiary/aromatic N) is 1. The van der Waals surface area contributed by atoms with Gasteiger partial charge >= 0.3 is 11.9 Å². The normalized spacial score (nSPS) is 10.3. The van der Waals surface area contributed by atoms with Crippen LogP contribution in [0.1, 0.15) is 32.1 Å². The Kier molecular flexibility index (Phi) is 4.73. The quantitative estimate of drug-likeness (QED) is 0.867. The van der Waals surface area contributed by atoms with Gasteiger partial charge in [-0.25, -0.2) is 9.59 Å². The first-order valence-corrected chi connectivity index (χ1v) is 7.02. The maximum absolute atomic E-state index is 11.7. The SMILES string of the molecule is COc1ccc(-c2c(C(=O)O)c(C)nc(C)c2C(=O)O)cc1OC. The highest BCUT2D eigenvalue weighted by Crippen LogP contribution is 2.37. The van der Waals surface area contributed by atoms with E-state index in [-0.39, 0.29) is 28.1 Å². The van der Waals surface area contributed by atoms with Crippen LogP contribution >= 0.6 is 0 Å². The zero-order chi connectivity index (χ0) is 18.0. The molecule has 7 nitrogen and oxygen atoms in total. The van der Waals surface area contributed by atoms with Crippen LogP contribution < -0.4 is 9.47 Å². The number of aromatic nitrogens is 1. The Morgan fingerprint density at radius 1 is 0.917 bits per heavy atom. The predicted molar refractivity (Wildman–Crippen MR) is 86.2 cm³/mol. The van der Waals surface area contributed by atoms with Gasteiger partial charge in [-0.2, -0.15) is 0 Å². The number of methoxy groups -OCH3 is 2. The molecule has 0 aliphatic carbocycles. The molecule has 7 heteroatoms. The van der Waals surface area contributed by atoms with Crippen molar-refractivity contribution >= 4 is 11.9 Å². The summed E-state index contributed by atoms with van der Waals surface area (Å²) in [6, 6.07) is 4.73. The molecule has 0 aliphatic heterocycles. The standard InChI is InChI=1S/C17H17NO6/c1-8-13(16(19)20)15(14(17(21)22)9(2)18-8)10-5-6-11(23-3)12(7-10)24-4/h5-7H,1-4H3,(H,19,20)(H,21,22). The van der Waals surface area contributed by atoms with Gasteiger partial charge < -0.3 is 19.7 Å². The number of carbonyl (C=O) groups is 2. The molecule has 0 saturated carbocycles. The molecule has 126 valence electrons. The maximum atomic E-state index is 11.7. The van der Waals surface area contributed by atoms with Crippen LogP contribution in [-0.2, 0) is 0 Å². The number of hydrogen-bond acceptors (Lipinski definition) is 5. The smallest absolute Gasteiger partial charge is 0.338 e. The van der Waals surface area contributed by atoms with Crippen LogP contribution in [0.5, 0.6) is 11.5 Å². The van der Waals surface area contributed by atoms with Gasteiger partial charge in [-0.15, -0.1) is 0 Å². The van der Waals surface area contributed by atoms with Gasteiger partial charge in [-0.3, -0.25) is 4.98 Å². The molecule has 0 spiro atoms. The van der Waals surface area contributed by atoms with E-state index in [0.717, 1.165) is 0 Å². The van der Waals surface area contributed by atoms with E-state index in [2.05, 4.69) is 4.98 Å². The van der Waals surface area contributed by atoms with Crippen LogP contribution in [0, 0.1) is 13.8 Å². The monoisotopic (exact) mass is 331 g/mol. The Bertz CT molecular complexity index is 790. The van der Waals surface area contributed by atoms with E-state index in [1.165, 1.54) is 28.1 Å². The van der Waals surface area contributed by atoms with Gasteiger partial charge in [0.2, 0.25) is 0 Å². The number of hydrogen-bond donors (Lipinski definition) is 2. The molecule has 0 radical (unpaired) electrons. The summed E-state index contributed by atoms with van der Waals surface area (Å²) in [7, 11) is 2.92. The average Bonchev–Trinajstić information content (AvgIpc) is 2.52. The highest BCUT2D eigenvalue weighted by atomic mass is 16.5. The summed E-state index contributed by atoms with van der Waals surface area (Å²) < 4.78 is 10.4. The number of aryl methyl sites for hydroxylation is 2. The minimum atomic E-state index is -1.24. The van der Waals surface area contributed by atoms with Crippen LogP contribution in [0.15, 0.2) is 18.2 Å². The van der Waals surface area contributed by atoms with Crippen molar-refractivity contribution in [3.63, 3.8) is 0 Å². The van der Waals surface area contributed by atoms with Crippen LogP contribution in [0.2, 0.25) is 0 Å². The summed E-state index contributed by atoms with van der Waals surface area (Å²) in [5, 5.41) is 19.1. The summed E-state index contributed by atoms with van der Waals surface area (Å²) in [5.41, 5.74) is 0.692. The molecule has 0 unspecified atom stereocenters. The van der Waals surface area contributed by atoms with Crippen molar-refractivity contribution in [2.24, 2.45) is 0 Å². The lowest BCUT2D eigenvalue weighted by molar-refractivity contribution is 0.0695. The van der Waals surface area contributed by atoms with Crippen LogP contribution in [0.25, 0.3) is 11.1 Å². The molecule has 1 heterocycles. The van der Waals surface area contributed by atoms with Crippen LogP contribution in [0.3, 0.4) is 0 Å². The molecule has 0 atom stereocenters. The number of rotatable bonds is 5. The van der Waals surface area contributed by atoms with Crippen molar-refractivity contribution in [1.82, 2.24) is 4.98 Å². The number of aromatic carboxylic acids is 2. The van der Waals surface area contributed by atoms with Crippen LogP contribution in [-0.4, -0.2) is 41.4 Å². The van der Waals surface area contributed by atoms with Crippen molar-refractivity contribution in [2.75, 3.05) is 14.2 Å². The third kappa shape index (κ3) is 2.88. The average molecular weight is 331 g/mol. The zero-order valence-electron chi connectivity index (χ0n) is 13.7. The van der Waals surface area contributed by atoms with Gasteiger partial charge in [0.15, 0.2) is 11.5 Å². The molecule has 0 saturated heterocycles. The first-order valence-electron chi connectivity index (χ1n) is 7.02. The fourth-order valence-corrected chi connectivity index (χ4v) is 2.65. The molecule has 1 aromatic heterocycles. The first-order chi connectivity index (χ1) is 11.3. The Balaban J connectivity index is 2.91. The van der Waals surface area contributed by atoms with E-state index < -0.39 is 11.9 Å². The zero-order valence-corrected chi connectivity index (χ0v) is 13.7. The third-order valence-electron chi connectivity index (χ3n) is 3.66. The van der Waals surface area contributed by atoms with Gasteiger partial charge in [0.05, 0.1) is 36.7 Å². The van der Waals surface area contributed by atoms with Crippen molar-refractivity contribution in [2.45, 2.75) is 13.8 Å². The van der Waals surface area contributed by atoms with Gasteiger partial charge in [-0.1, -0.05) is 6.07 Å². The molecular formula is C17H17NO6. The second-order valence-corrected chi connectivity index (χ2v) is 5.09. The van der Waals surface area contributed by atoms with Crippen molar-refractivity contribution in [3.8, 4) is 22.6 Å². The van der Waals surface area contributed by atoms with Crippen LogP contribution in [0.4, 0.5) is 0 Å². The van der Waals surface area contributed by atoms with Gasteiger partial charge in [0.1, 0.15) is 0 Å². The topological polar surface area (TPSA) is 106 Å². The van der Waals surface area contributed by atoms with E-state index in [4.69, 9.17) is 9.47 Å².